The molecule has 0 aliphatic rings. The van der Waals surface area contributed by atoms with Crippen molar-refractivity contribution < 1.29 is 9.59 Å². The number of urea groups is 1. The van der Waals surface area contributed by atoms with Crippen LogP contribution in [0.2, 0.25) is 10.0 Å². The van der Waals surface area contributed by atoms with Crippen molar-refractivity contribution in [3.05, 3.63) is 68.2 Å². The van der Waals surface area contributed by atoms with E-state index in [1.165, 1.54) is 18.5 Å². The summed E-state index contributed by atoms with van der Waals surface area (Å²) < 4.78 is 1.08. The summed E-state index contributed by atoms with van der Waals surface area (Å²) in [5, 5.41) is 5.52. The van der Waals surface area contributed by atoms with E-state index < -0.39 is 17.5 Å². The summed E-state index contributed by atoms with van der Waals surface area (Å²) >= 11 is 12.0. The largest absolute Gasteiger partial charge is 0.325 e. The lowest BCUT2D eigenvalue weighted by molar-refractivity contribution is -0.120. The number of carbonyl (C=O) groups is 2. The molecule has 1 aromatic heterocycles. The minimum absolute atomic E-state index is 0.188. The van der Waals surface area contributed by atoms with Gasteiger partial charge in [0.2, 0.25) is 5.91 Å². The zero-order valence-corrected chi connectivity index (χ0v) is 16.6. The van der Waals surface area contributed by atoms with E-state index in [1.54, 1.807) is 12.1 Å². The Morgan fingerprint density at radius 2 is 1.93 bits per heavy atom. The Kier molecular flexibility index (Phi) is 5.67. The molecule has 0 aliphatic carbocycles. The number of anilines is 1. The minimum atomic E-state index is -0.688. The van der Waals surface area contributed by atoms with E-state index in [0.717, 1.165) is 15.7 Å². The summed E-state index contributed by atoms with van der Waals surface area (Å²) in [6.07, 6.45) is 1.20. The maximum atomic E-state index is 12.6. The second-order valence-electron chi connectivity index (χ2n) is 6.21. The number of hydrogen-bond donors (Lipinski definition) is 2. The monoisotopic (exact) mass is 418 g/mol. The number of nitrogens with zero attached hydrogens (tertiary/aromatic N) is 2. The number of fused-ring (bicyclic) bond motifs is 1. The molecule has 0 fully saturated rings. The number of aryl methyl sites for hydroxylation is 1. The van der Waals surface area contributed by atoms with E-state index in [2.05, 4.69) is 15.6 Å². The highest BCUT2D eigenvalue weighted by Gasteiger charge is 2.14. The van der Waals surface area contributed by atoms with Crippen molar-refractivity contribution in [3.63, 3.8) is 0 Å². The minimum Gasteiger partial charge on any atom is -0.307 e. The average molecular weight is 419 g/mol. The highest BCUT2D eigenvalue weighted by atomic mass is 35.5. The van der Waals surface area contributed by atoms with Crippen LogP contribution in [0.4, 0.5) is 10.5 Å². The van der Waals surface area contributed by atoms with Crippen molar-refractivity contribution in [3.8, 4) is 0 Å². The molecule has 1 heterocycles. The quantitative estimate of drug-likeness (QED) is 0.678. The van der Waals surface area contributed by atoms with Crippen molar-refractivity contribution >= 4 is 51.7 Å². The Labute approximate surface area is 170 Å². The van der Waals surface area contributed by atoms with Crippen molar-refractivity contribution in [2.24, 2.45) is 0 Å². The first-order valence-corrected chi connectivity index (χ1v) is 9.03. The number of imide groups is 1. The van der Waals surface area contributed by atoms with Gasteiger partial charge in [0.1, 0.15) is 6.54 Å². The molecule has 0 unspecified atom stereocenters. The molecule has 3 rings (SSSR count). The summed E-state index contributed by atoms with van der Waals surface area (Å²) in [5.41, 5.74) is 2.31. The van der Waals surface area contributed by atoms with Gasteiger partial charge in [0.25, 0.3) is 5.56 Å². The second kappa shape index (κ2) is 8.00. The number of benzene rings is 2. The average Bonchev–Trinajstić information content (AvgIpc) is 2.61. The zero-order chi connectivity index (χ0) is 20.4. The highest BCUT2D eigenvalue weighted by Crippen LogP contribution is 2.24. The molecule has 144 valence electrons. The lowest BCUT2D eigenvalue weighted by atomic mass is 10.1. The predicted molar refractivity (Wildman–Crippen MR) is 109 cm³/mol. The van der Waals surface area contributed by atoms with E-state index >= 15 is 0 Å². The number of rotatable bonds is 3. The van der Waals surface area contributed by atoms with Gasteiger partial charge in [-0.15, -0.1) is 0 Å². The fourth-order valence-electron chi connectivity index (χ4n) is 2.67. The molecule has 2 N–H and O–H groups in total. The van der Waals surface area contributed by atoms with E-state index in [4.69, 9.17) is 23.2 Å². The van der Waals surface area contributed by atoms with Gasteiger partial charge in [-0.05, 0) is 43.2 Å². The van der Waals surface area contributed by atoms with Crippen LogP contribution in [-0.4, -0.2) is 21.5 Å². The lowest BCUT2D eigenvalue weighted by Gasteiger charge is -2.11. The molecule has 28 heavy (non-hydrogen) atoms. The second-order valence-corrected chi connectivity index (χ2v) is 7.05. The van der Waals surface area contributed by atoms with Crippen LogP contribution in [0.3, 0.4) is 0 Å². The van der Waals surface area contributed by atoms with Gasteiger partial charge in [0.15, 0.2) is 0 Å². The Hall–Kier alpha value is -2.90. The van der Waals surface area contributed by atoms with Crippen LogP contribution < -0.4 is 16.2 Å². The summed E-state index contributed by atoms with van der Waals surface area (Å²) in [5.74, 6) is -0.667. The molecule has 0 saturated carbocycles. The number of amides is 3. The smallest absolute Gasteiger partial charge is 0.307 e. The van der Waals surface area contributed by atoms with E-state index in [-0.39, 0.29) is 22.0 Å². The van der Waals surface area contributed by atoms with Gasteiger partial charge in [-0.3, -0.25) is 19.5 Å². The first kappa shape index (κ1) is 19.9. The highest BCUT2D eigenvalue weighted by molar-refractivity contribution is 6.38. The Morgan fingerprint density at radius 1 is 1.18 bits per heavy atom. The predicted octanol–water partition coefficient (Wildman–Crippen LogP) is 3.67. The Morgan fingerprint density at radius 3 is 2.68 bits per heavy atom. The van der Waals surface area contributed by atoms with Crippen LogP contribution in [0.25, 0.3) is 10.9 Å². The van der Waals surface area contributed by atoms with Gasteiger partial charge in [-0.2, -0.15) is 0 Å². The molecule has 0 saturated heterocycles. The number of nitrogens with one attached hydrogen (secondary N) is 2. The number of aromatic nitrogens is 2. The Bertz CT molecular complexity index is 1160. The van der Waals surface area contributed by atoms with Crippen molar-refractivity contribution in [2.45, 2.75) is 20.4 Å². The molecule has 9 heteroatoms. The van der Waals surface area contributed by atoms with Gasteiger partial charge in [0, 0.05) is 10.7 Å². The third kappa shape index (κ3) is 4.16. The van der Waals surface area contributed by atoms with Crippen LogP contribution in [-0.2, 0) is 11.3 Å². The summed E-state index contributed by atoms with van der Waals surface area (Å²) in [6, 6.07) is 7.67. The van der Waals surface area contributed by atoms with Crippen LogP contribution in [0, 0.1) is 13.8 Å². The molecular weight excluding hydrogens is 403 g/mol. The molecule has 0 radical (unpaired) electrons. The summed E-state index contributed by atoms with van der Waals surface area (Å²) in [6.45, 7) is 3.40. The van der Waals surface area contributed by atoms with E-state index in [9.17, 15) is 14.4 Å². The molecule has 7 nitrogen and oxygen atoms in total. The van der Waals surface area contributed by atoms with Gasteiger partial charge in [-0.25, -0.2) is 9.78 Å². The van der Waals surface area contributed by atoms with Crippen LogP contribution in [0.5, 0.6) is 0 Å². The van der Waals surface area contributed by atoms with E-state index in [0.29, 0.717) is 11.2 Å². The third-order valence-electron chi connectivity index (χ3n) is 4.27. The lowest BCUT2D eigenvalue weighted by Crippen LogP contribution is -2.38. The van der Waals surface area contributed by atoms with Crippen molar-refractivity contribution in [1.29, 1.82) is 0 Å². The standard InChI is InChI=1S/C19H16Cl2N4O3/c1-10-4-3-5-15(11(10)2)23-19(28)24-16(26)8-25-9-22-17-13(18(25)27)6-12(20)7-14(17)21/h3-7,9H,8H2,1-2H3,(H2,23,24,26,28). The molecule has 3 amide bonds. The van der Waals surface area contributed by atoms with Crippen molar-refractivity contribution in [1.82, 2.24) is 14.9 Å². The summed E-state index contributed by atoms with van der Waals surface area (Å²) in [7, 11) is 0. The first-order valence-electron chi connectivity index (χ1n) is 8.27. The van der Waals surface area contributed by atoms with Gasteiger partial charge in [0.05, 0.1) is 22.3 Å². The SMILES string of the molecule is Cc1cccc(NC(=O)NC(=O)Cn2cnc3c(Cl)cc(Cl)cc3c2=O)c1C. The normalized spacial score (nSPS) is 10.7. The number of hydrogen-bond acceptors (Lipinski definition) is 4. The number of carbonyl (C=O) groups excluding carboxylic acids is 2. The zero-order valence-electron chi connectivity index (χ0n) is 15.0. The Balaban J connectivity index is 1.74. The third-order valence-corrected chi connectivity index (χ3v) is 4.77. The first-order chi connectivity index (χ1) is 13.3. The summed E-state index contributed by atoms with van der Waals surface area (Å²) in [4.78, 5) is 40.9. The molecule has 0 spiro atoms. The van der Waals surface area contributed by atoms with Crippen LogP contribution >= 0.6 is 23.2 Å². The van der Waals surface area contributed by atoms with Gasteiger partial charge in [-0.1, -0.05) is 35.3 Å². The van der Waals surface area contributed by atoms with E-state index in [1.807, 2.05) is 19.9 Å². The van der Waals surface area contributed by atoms with Gasteiger partial charge < -0.3 is 5.32 Å². The van der Waals surface area contributed by atoms with Crippen LogP contribution in [0.15, 0.2) is 41.5 Å². The molecule has 0 atom stereocenters. The van der Waals surface area contributed by atoms with Crippen LogP contribution in [0.1, 0.15) is 11.1 Å². The number of halogens is 2. The fourth-order valence-corrected chi connectivity index (χ4v) is 3.21. The fraction of sp³-hybridized carbons (Fsp3) is 0.158. The maximum Gasteiger partial charge on any atom is 0.325 e. The maximum absolute atomic E-state index is 12.6. The van der Waals surface area contributed by atoms with Crippen molar-refractivity contribution in [2.75, 3.05) is 5.32 Å². The molecule has 3 aromatic rings. The topological polar surface area (TPSA) is 93.1 Å². The van der Waals surface area contributed by atoms with Gasteiger partial charge >= 0.3 is 6.03 Å². The molecule has 0 bridgehead atoms. The molecule has 0 aliphatic heterocycles. The molecular formula is C19H16Cl2N4O3. The molecule has 2 aromatic carbocycles.